The lowest BCUT2D eigenvalue weighted by Crippen LogP contribution is -2.51. The third-order valence-corrected chi connectivity index (χ3v) is 6.18. The Morgan fingerprint density at radius 3 is 2.32 bits per heavy atom. The summed E-state index contributed by atoms with van der Waals surface area (Å²) in [6, 6.07) is 4.42. The standard InChI is InChI=1S/C21H25F3N2O2/c22-21(23,24)18-3-5-19(6-4-18)28-14-20(27)26-9-7-25(8-10-26)13-17-12-15-1-2-16(17)11-15/h1-6,15-17H,7-14H2. The van der Waals surface area contributed by atoms with E-state index in [0.29, 0.717) is 13.1 Å². The van der Waals surface area contributed by atoms with Gasteiger partial charge in [-0.15, -0.1) is 0 Å². The average Bonchev–Trinajstić information content (AvgIpc) is 3.29. The minimum atomic E-state index is -4.37. The molecule has 4 rings (SSSR count). The fraction of sp³-hybridized carbons (Fsp3) is 0.571. The molecular weight excluding hydrogens is 369 g/mol. The summed E-state index contributed by atoms with van der Waals surface area (Å²) in [6.07, 6.45) is 2.96. The summed E-state index contributed by atoms with van der Waals surface area (Å²) in [5.74, 6) is 2.41. The molecule has 0 aromatic heterocycles. The molecule has 3 aliphatic rings. The summed E-state index contributed by atoms with van der Waals surface area (Å²) < 4.78 is 43.1. The Morgan fingerprint density at radius 2 is 1.75 bits per heavy atom. The first-order valence-electron chi connectivity index (χ1n) is 9.87. The molecule has 7 heteroatoms. The fourth-order valence-electron chi connectivity index (χ4n) is 4.59. The number of allylic oxidation sites excluding steroid dienone is 2. The lowest BCUT2D eigenvalue weighted by atomic mass is 9.93. The second kappa shape index (κ2) is 7.78. The first-order chi connectivity index (χ1) is 13.4. The van der Waals surface area contributed by atoms with Crippen LogP contribution in [0.5, 0.6) is 5.75 Å². The topological polar surface area (TPSA) is 32.8 Å². The number of hydrogen-bond donors (Lipinski definition) is 0. The summed E-state index contributed by atoms with van der Waals surface area (Å²) in [6.45, 7) is 4.03. The number of alkyl halides is 3. The molecule has 2 bridgehead atoms. The quantitative estimate of drug-likeness (QED) is 0.718. The van der Waals surface area contributed by atoms with E-state index in [0.717, 1.165) is 49.5 Å². The smallest absolute Gasteiger partial charge is 0.416 e. The third-order valence-electron chi connectivity index (χ3n) is 6.18. The molecule has 2 aliphatic carbocycles. The second-order valence-corrected chi connectivity index (χ2v) is 8.03. The van der Waals surface area contributed by atoms with Crippen molar-refractivity contribution < 1.29 is 22.7 Å². The van der Waals surface area contributed by atoms with Crippen LogP contribution in [0.15, 0.2) is 36.4 Å². The van der Waals surface area contributed by atoms with E-state index in [1.165, 1.54) is 25.0 Å². The van der Waals surface area contributed by atoms with Crippen LogP contribution in [0, 0.1) is 17.8 Å². The molecule has 152 valence electrons. The van der Waals surface area contributed by atoms with E-state index in [1.807, 2.05) is 0 Å². The van der Waals surface area contributed by atoms with Gasteiger partial charge in [-0.2, -0.15) is 13.2 Å². The number of fused-ring (bicyclic) bond motifs is 2. The van der Waals surface area contributed by atoms with Crippen molar-refractivity contribution >= 4 is 5.91 Å². The van der Waals surface area contributed by atoms with E-state index < -0.39 is 11.7 Å². The maximum absolute atomic E-state index is 12.6. The van der Waals surface area contributed by atoms with Crippen LogP contribution in [-0.2, 0) is 11.0 Å². The Balaban J connectivity index is 1.19. The van der Waals surface area contributed by atoms with Crippen molar-refractivity contribution in [3.05, 3.63) is 42.0 Å². The Labute approximate surface area is 162 Å². The van der Waals surface area contributed by atoms with Gasteiger partial charge in [0.05, 0.1) is 5.56 Å². The summed E-state index contributed by atoms with van der Waals surface area (Å²) in [7, 11) is 0. The number of ether oxygens (including phenoxy) is 1. The molecule has 28 heavy (non-hydrogen) atoms. The van der Waals surface area contributed by atoms with Crippen LogP contribution < -0.4 is 4.74 Å². The van der Waals surface area contributed by atoms with Crippen LogP contribution in [0.1, 0.15) is 18.4 Å². The normalized spacial score (nSPS) is 27.4. The SMILES string of the molecule is O=C(COc1ccc(C(F)(F)F)cc1)N1CCN(CC2CC3C=CC2C3)CC1. The number of carbonyl (C=O) groups excluding carboxylic acids is 1. The van der Waals surface area contributed by atoms with Crippen molar-refractivity contribution in [1.82, 2.24) is 9.80 Å². The van der Waals surface area contributed by atoms with Gasteiger partial charge >= 0.3 is 6.18 Å². The molecule has 1 saturated carbocycles. The number of hydrogen-bond acceptors (Lipinski definition) is 3. The van der Waals surface area contributed by atoms with E-state index >= 15 is 0 Å². The Hall–Kier alpha value is -2.02. The van der Waals surface area contributed by atoms with E-state index in [2.05, 4.69) is 17.1 Å². The molecule has 2 fully saturated rings. The van der Waals surface area contributed by atoms with Gasteiger partial charge in [-0.05, 0) is 54.9 Å². The number of amides is 1. The van der Waals surface area contributed by atoms with Gasteiger partial charge in [-0.3, -0.25) is 9.69 Å². The minimum Gasteiger partial charge on any atom is -0.484 e. The van der Waals surface area contributed by atoms with Crippen molar-refractivity contribution in [3.8, 4) is 5.75 Å². The number of benzene rings is 1. The first-order valence-corrected chi connectivity index (χ1v) is 9.87. The van der Waals surface area contributed by atoms with Crippen LogP contribution in [0.2, 0.25) is 0 Å². The minimum absolute atomic E-state index is 0.123. The maximum Gasteiger partial charge on any atom is 0.416 e. The van der Waals surface area contributed by atoms with Gasteiger partial charge in [0.25, 0.3) is 5.91 Å². The van der Waals surface area contributed by atoms with Crippen molar-refractivity contribution in [2.75, 3.05) is 39.3 Å². The van der Waals surface area contributed by atoms with Crippen LogP contribution in [0.3, 0.4) is 0 Å². The largest absolute Gasteiger partial charge is 0.484 e. The van der Waals surface area contributed by atoms with Gasteiger partial charge < -0.3 is 9.64 Å². The van der Waals surface area contributed by atoms with Crippen molar-refractivity contribution in [2.45, 2.75) is 19.0 Å². The Morgan fingerprint density at radius 1 is 1.04 bits per heavy atom. The van der Waals surface area contributed by atoms with Crippen molar-refractivity contribution in [1.29, 1.82) is 0 Å². The number of nitrogens with zero attached hydrogens (tertiary/aromatic N) is 2. The van der Waals surface area contributed by atoms with E-state index in [1.54, 1.807) is 4.90 Å². The van der Waals surface area contributed by atoms with Gasteiger partial charge in [0.2, 0.25) is 0 Å². The molecule has 3 atom stereocenters. The highest BCUT2D eigenvalue weighted by molar-refractivity contribution is 5.77. The average molecular weight is 394 g/mol. The molecule has 1 aromatic rings. The third kappa shape index (κ3) is 4.35. The zero-order valence-electron chi connectivity index (χ0n) is 15.7. The van der Waals surface area contributed by atoms with Gasteiger partial charge in [0.15, 0.2) is 6.61 Å². The zero-order chi connectivity index (χ0) is 19.7. The van der Waals surface area contributed by atoms with Crippen LogP contribution in [-0.4, -0.2) is 55.0 Å². The molecule has 0 spiro atoms. The van der Waals surface area contributed by atoms with Crippen molar-refractivity contribution in [2.24, 2.45) is 17.8 Å². The van der Waals surface area contributed by atoms with Crippen molar-refractivity contribution in [3.63, 3.8) is 0 Å². The Bertz CT molecular complexity index is 724. The number of halogens is 3. The molecule has 1 heterocycles. The van der Waals surface area contributed by atoms with Gasteiger partial charge in [0, 0.05) is 32.7 Å². The molecule has 1 saturated heterocycles. The molecule has 1 amide bonds. The molecule has 3 unspecified atom stereocenters. The van der Waals surface area contributed by atoms with Gasteiger partial charge in [-0.25, -0.2) is 0 Å². The predicted molar refractivity (Wildman–Crippen MR) is 98.8 cm³/mol. The first kappa shape index (κ1) is 19.3. The van der Waals surface area contributed by atoms with Crippen LogP contribution >= 0.6 is 0 Å². The second-order valence-electron chi connectivity index (χ2n) is 8.03. The molecule has 0 radical (unpaired) electrons. The lowest BCUT2D eigenvalue weighted by Gasteiger charge is -2.36. The number of rotatable bonds is 5. The number of carbonyl (C=O) groups is 1. The van der Waals surface area contributed by atoms with E-state index in [9.17, 15) is 18.0 Å². The highest BCUT2D eigenvalue weighted by atomic mass is 19.4. The van der Waals surface area contributed by atoms with Crippen LogP contribution in [0.25, 0.3) is 0 Å². The summed E-state index contributed by atoms with van der Waals surface area (Å²) in [5, 5.41) is 0. The predicted octanol–water partition coefficient (Wildman–Crippen LogP) is 3.44. The van der Waals surface area contributed by atoms with E-state index in [4.69, 9.17) is 4.74 Å². The lowest BCUT2D eigenvalue weighted by molar-refractivity contribution is -0.138. The summed E-state index contributed by atoms with van der Waals surface area (Å²) >= 11 is 0. The van der Waals surface area contributed by atoms with Gasteiger partial charge in [-0.1, -0.05) is 12.2 Å². The summed E-state index contributed by atoms with van der Waals surface area (Å²) in [4.78, 5) is 16.6. The molecule has 1 aromatic carbocycles. The molecule has 1 aliphatic heterocycles. The highest BCUT2D eigenvalue weighted by Crippen LogP contribution is 2.43. The number of piperazine rings is 1. The summed E-state index contributed by atoms with van der Waals surface area (Å²) in [5.41, 5.74) is -0.728. The maximum atomic E-state index is 12.6. The highest BCUT2D eigenvalue weighted by Gasteiger charge is 2.37. The molecule has 0 N–H and O–H groups in total. The van der Waals surface area contributed by atoms with E-state index in [-0.39, 0.29) is 18.3 Å². The van der Waals surface area contributed by atoms with Gasteiger partial charge in [0.1, 0.15) is 5.75 Å². The van der Waals surface area contributed by atoms with Crippen LogP contribution in [0.4, 0.5) is 13.2 Å². The monoisotopic (exact) mass is 394 g/mol. The zero-order valence-corrected chi connectivity index (χ0v) is 15.7. The fourth-order valence-corrected chi connectivity index (χ4v) is 4.59. The Kier molecular flexibility index (Phi) is 5.36. The molecular formula is C21H25F3N2O2. The molecule has 4 nitrogen and oxygen atoms in total.